The van der Waals surface area contributed by atoms with E-state index in [9.17, 15) is 9.59 Å². The number of benzene rings is 2. The molecule has 7 heteroatoms. The molecule has 1 spiro atoms. The Morgan fingerprint density at radius 2 is 1.97 bits per heavy atom. The Balaban J connectivity index is 1.26. The summed E-state index contributed by atoms with van der Waals surface area (Å²) in [5.41, 5.74) is 4.88. The minimum Gasteiger partial charge on any atom is -0.486 e. The van der Waals surface area contributed by atoms with Crippen molar-refractivity contribution in [2.75, 3.05) is 13.1 Å². The molecule has 0 bridgehead atoms. The number of rotatable bonds is 4. The summed E-state index contributed by atoms with van der Waals surface area (Å²) in [5, 5.41) is 9.86. The lowest BCUT2D eigenvalue weighted by atomic mass is 9.82. The minimum absolute atomic E-state index is 0.0697. The number of amides is 1. The van der Waals surface area contributed by atoms with Crippen LogP contribution in [0.3, 0.4) is 0 Å². The molecule has 2 aromatic carbocycles. The van der Waals surface area contributed by atoms with Crippen molar-refractivity contribution in [3.8, 4) is 5.75 Å². The summed E-state index contributed by atoms with van der Waals surface area (Å²) in [6.45, 7) is 2.63. The van der Waals surface area contributed by atoms with Gasteiger partial charge in [0, 0.05) is 56.8 Å². The van der Waals surface area contributed by atoms with Gasteiger partial charge >= 0.3 is 0 Å². The average molecular weight is 446 g/mol. The molecule has 170 valence electrons. The highest BCUT2D eigenvalue weighted by Gasteiger charge is 2.43. The molecular formula is C26H27N3O4. The zero-order valence-corrected chi connectivity index (χ0v) is 18.6. The molecule has 5 rings (SSSR count). The van der Waals surface area contributed by atoms with Gasteiger partial charge in [0.25, 0.3) is 5.91 Å². The van der Waals surface area contributed by atoms with Crippen molar-refractivity contribution in [2.45, 2.75) is 31.4 Å². The van der Waals surface area contributed by atoms with Crippen molar-refractivity contribution < 1.29 is 19.5 Å². The van der Waals surface area contributed by atoms with E-state index >= 15 is 0 Å². The zero-order chi connectivity index (χ0) is 23.0. The molecule has 0 atom stereocenters. The molecular weight excluding hydrogens is 418 g/mol. The van der Waals surface area contributed by atoms with E-state index in [-0.39, 0.29) is 5.78 Å². The van der Waals surface area contributed by atoms with E-state index in [1.54, 1.807) is 23.7 Å². The topological polar surface area (TPSA) is 83.8 Å². The highest BCUT2D eigenvalue weighted by Crippen LogP contribution is 2.40. The van der Waals surface area contributed by atoms with Gasteiger partial charge in [-0.1, -0.05) is 24.3 Å². The number of nitrogens with one attached hydrogen (secondary N) is 1. The molecule has 2 aliphatic heterocycles. The Morgan fingerprint density at radius 3 is 2.73 bits per heavy atom. The molecule has 0 radical (unpaired) electrons. The first kappa shape index (κ1) is 21.4. The van der Waals surface area contributed by atoms with Gasteiger partial charge < -0.3 is 9.30 Å². The number of carbonyl (C=O) groups is 2. The molecule has 7 nitrogen and oxygen atoms in total. The number of ketones is 1. The first-order chi connectivity index (χ1) is 16.0. The van der Waals surface area contributed by atoms with E-state index in [1.165, 1.54) is 22.7 Å². The van der Waals surface area contributed by atoms with Crippen LogP contribution in [-0.2, 0) is 18.4 Å². The van der Waals surface area contributed by atoms with Crippen LogP contribution in [0.4, 0.5) is 0 Å². The monoisotopic (exact) mass is 445 g/mol. The number of likely N-dealkylation sites (tertiary alicyclic amines) is 1. The van der Waals surface area contributed by atoms with E-state index in [0.29, 0.717) is 23.3 Å². The smallest absolute Gasteiger partial charge is 0.267 e. The molecule has 1 saturated heterocycles. The summed E-state index contributed by atoms with van der Waals surface area (Å²) < 4.78 is 8.66. The predicted molar refractivity (Wildman–Crippen MR) is 125 cm³/mol. The molecule has 1 aromatic heterocycles. The van der Waals surface area contributed by atoms with E-state index in [0.717, 1.165) is 32.5 Å². The van der Waals surface area contributed by atoms with Crippen LogP contribution in [0.5, 0.6) is 5.75 Å². The summed E-state index contributed by atoms with van der Waals surface area (Å²) in [6.07, 6.45) is 4.74. The van der Waals surface area contributed by atoms with Gasteiger partial charge in [-0.15, -0.1) is 0 Å². The van der Waals surface area contributed by atoms with Crippen molar-refractivity contribution in [3.05, 3.63) is 71.4 Å². The third kappa shape index (κ3) is 4.17. The third-order valence-electron chi connectivity index (χ3n) is 6.85. The molecule has 1 fully saturated rings. The van der Waals surface area contributed by atoms with Crippen LogP contribution in [0, 0.1) is 0 Å². The second-order valence-electron chi connectivity index (χ2n) is 8.98. The van der Waals surface area contributed by atoms with Crippen molar-refractivity contribution in [3.63, 3.8) is 0 Å². The van der Waals surface area contributed by atoms with Gasteiger partial charge in [0.1, 0.15) is 11.4 Å². The Bertz CT molecular complexity index is 1250. The molecule has 2 N–H and O–H groups in total. The van der Waals surface area contributed by atoms with E-state index in [2.05, 4.69) is 46.8 Å². The van der Waals surface area contributed by atoms with E-state index in [4.69, 9.17) is 9.94 Å². The van der Waals surface area contributed by atoms with Gasteiger partial charge in [0.2, 0.25) is 0 Å². The van der Waals surface area contributed by atoms with Crippen LogP contribution in [-0.4, -0.2) is 45.1 Å². The van der Waals surface area contributed by atoms with Gasteiger partial charge in [-0.3, -0.25) is 19.7 Å². The molecule has 1 amide bonds. The number of para-hydroxylation sites is 1. The maximum atomic E-state index is 13.0. The number of hydrogen-bond donors (Lipinski definition) is 2. The van der Waals surface area contributed by atoms with Gasteiger partial charge in [0.15, 0.2) is 5.78 Å². The van der Waals surface area contributed by atoms with Crippen LogP contribution in [0.1, 0.15) is 40.9 Å². The fraction of sp³-hybridized carbons (Fsp3) is 0.308. The largest absolute Gasteiger partial charge is 0.486 e. The third-order valence-corrected chi connectivity index (χ3v) is 6.85. The molecule has 3 aromatic rings. The summed E-state index contributed by atoms with van der Waals surface area (Å²) in [7, 11) is 2.11. The highest BCUT2D eigenvalue weighted by molar-refractivity contribution is 6.01. The number of aryl methyl sites for hydroxylation is 1. The number of aromatic nitrogens is 1. The van der Waals surface area contributed by atoms with Crippen molar-refractivity contribution in [1.29, 1.82) is 0 Å². The Kier molecular flexibility index (Phi) is 5.52. The van der Waals surface area contributed by atoms with Crippen LogP contribution >= 0.6 is 0 Å². The first-order valence-corrected chi connectivity index (χ1v) is 11.2. The van der Waals surface area contributed by atoms with Crippen molar-refractivity contribution in [2.24, 2.45) is 7.05 Å². The lowest BCUT2D eigenvalue weighted by Crippen LogP contribution is -2.50. The molecule has 2 aliphatic rings. The number of hydroxylamine groups is 1. The summed E-state index contributed by atoms with van der Waals surface area (Å²) in [4.78, 5) is 26.6. The van der Waals surface area contributed by atoms with Gasteiger partial charge in [-0.25, -0.2) is 5.48 Å². The van der Waals surface area contributed by atoms with Gasteiger partial charge in [-0.05, 0) is 41.3 Å². The Morgan fingerprint density at radius 1 is 1.18 bits per heavy atom. The molecule has 0 aliphatic carbocycles. The fourth-order valence-corrected chi connectivity index (χ4v) is 4.95. The SMILES string of the molecule is Cn1c(CN2CCC3(CC2)CC(=O)c2cc(/C=C/C(=O)NO)ccc2O3)cc2ccccc21. The molecule has 33 heavy (non-hydrogen) atoms. The summed E-state index contributed by atoms with van der Waals surface area (Å²) in [6, 6.07) is 16.0. The maximum absolute atomic E-state index is 13.0. The van der Waals surface area contributed by atoms with E-state index in [1.807, 2.05) is 6.07 Å². The standard InChI is InChI=1S/C26H27N3O4/c1-28-20(15-19-4-2-3-5-22(19)28)17-29-12-10-26(11-13-29)16-23(30)21-14-18(6-8-24(21)33-26)7-9-25(31)27-32/h2-9,14-15,32H,10-13,16-17H2,1H3,(H,27,31)/b9-7+. The summed E-state index contributed by atoms with van der Waals surface area (Å²) >= 11 is 0. The van der Waals surface area contributed by atoms with Crippen LogP contribution in [0.15, 0.2) is 54.6 Å². The lowest BCUT2D eigenvalue weighted by Gasteiger charge is -2.44. The number of ether oxygens (including phenoxy) is 1. The van der Waals surface area contributed by atoms with E-state index < -0.39 is 11.5 Å². The second-order valence-corrected chi connectivity index (χ2v) is 8.98. The quantitative estimate of drug-likeness (QED) is 0.364. The number of nitrogens with zero attached hydrogens (tertiary/aromatic N) is 2. The van der Waals surface area contributed by atoms with Crippen LogP contribution in [0.2, 0.25) is 0 Å². The zero-order valence-electron chi connectivity index (χ0n) is 18.6. The number of piperidine rings is 1. The number of Topliss-reactive ketones (excluding diaryl/α,β-unsaturated/α-hetero) is 1. The minimum atomic E-state index is -0.621. The number of fused-ring (bicyclic) bond motifs is 2. The highest BCUT2D eigenvalue weighted by atomic mass is 16.5. The maximum Gasteiger partial charge on any atom is 0.267 e. The number of carbonyl (C=O) groups excluding carboxylic acids is 2. The second kappa shape index (κ2) is 8.50. The Hall–Kier alpha value is -3.42. The van der Waals surface area contributed by atoms with Crippen LogP contribution in [0.25, 0.3) is 17.0 Å². The van der Waals surface area contributed by atoms with Crippen molar-refractivity contribution >= 4 is 28.7 Å². The Labute approximate surface area is 192 Å². The number of hydrogen-bond acceptors (Lipinski definition) is 5. The lowest BCUT2D eigenvalue weighted by molar-refractivity contribution is -0.124. The summed E-state index contributed by atoms with van der Waals surface area (Å²) in [5.74, 6) is 0.0573. The van der Waals surface area contributed by atoms with Gasteiger partial charge in [0.05, 0.1) is 12.0 Å². The normalized spacial score (nSPS) is 17.9. The van der Waals surface area contributed by atoms with Gasteiger partial charge in [-0.2, -0.15) is 0 Å². The average Bonchev–Trinajstić information content (AvgIpc) is 3.14. The van der Waals surface area contributed by atoms with Crippen LogP contribution < -0.4 is 10.2 Å². The fourth-order valence-electron chi connectivity index (χ4n) is 4.95. The molecule has 0 saturated carbocycles. The molecule has 3 heterocycles. The van der Waals surface area contributed by atoms with Crippen molar-refractivity contribution in [1.82, 2.24) is 14.9 Å². The molecule has 0 unspecified atom stereocenters. The predicted octanol–water partition coefficient (Wildman–Crippen LogP) is 3.70. The first-order valence-electron chi connectivity index (χ1n) is 11.2.